The van der Waals surface area contributed by atoms with Crippen molar-refractivity contribution in [3.05, 3.63) is 17.2 Å². The number of hydrogen-bond donors (Lipinski definition) is 1. The number of aromatic nitrogens is 2. The van der Waals surface area contributed by atoms with Crippen molar-refractivity contribution in [1.29, 1.82) is 0 Å². The van der Waals surface area contributed by atoms with Gasteiger partial charge in [-0.05, 0) is 0 Å². The predicted octanol–water partition coefficient (Wildman–Crippen LogP) is 2.08. The standard InChI is InChI=1S/C4H2ClF3N2/c5-2-1-9-3(10-2)4(6,7)8/h1H,(H,9,10). The second kappa shape index (κ2) is 2.16. The Morgan fingerprint density at radius 1 is 1.50 bits per heavy atom. The van der Waals surface area contributed by atoms with E-state index >= 15 is 0 Å². The normalized spacial score (nSPS) is 12.0. The van der Waals surface area contributed by atoms with Crippen LogP contribution in [0.2, 0.25) is 5.15 Å². The lowest BCUT2D eigenvalue weighted by atomic mass is 10.6. The Balaban J connectivity index is 2.96. The van der Waals surface area contributed by atoms with Crippen molar-refractivity contribution in [3.8, 4) is 0 Å². The molecule has 0 saturated heterocycles. The number of hydrogen-bond acceptors (Lipinski definition) is 1. The highest BCUT2D eigenvalue weighted by Crippen LogP contribution is 2.26. The number of halogens is 4. The van der Waals surface area contributed by atoms with Crippen molar-refractivity contribution in [2.45, 2.75) is 6.18 Å². The van der Waals surface area contributed by atoms with Gasteiger partial charge in [0.15, 0.2) is 0 Å². The van der Waals surface area contributed by atoms with Crippen LogP contribution < -0.4 is 0 Å². The molecule has 1 heterocycles. The van der Waals surface area contributed by atoms with Gasteiger partial charge < -0.3 is 4.98 Å². The first-order valence-corrected chi connectivity index (χ1v) is 2.65. The molecule has 1 aromatic rings. The van der Waals surface area contributed by atoms with Crippen LogP contribution >= 0.6 is 11.6 Å². The fourth-order valence-corrected chi connectivity index (χ4v) is 0.581. The number of nitrogens with one attached hydrogen (secondary N) is 1. The number of H-pyrrole nitrogens is 1. The molecule has 0 aliphatic rings. The van der Waals surface area contributed by atoms with Gasteiger partial charge in [0.05, 0.1) is 6.20 Å². The summed E-state index contributed by atoms with van der Waals surface area (Å²) in [6.45, 7) is 0. The van der Waals surface area contributed by atoms with Crippen LogP contribution in [0.15, 0.2) is 6.20 Å². The Morgan fingerprint density at radius 3 is 2.30 bits per heavy atom. The van der Waals surface area contributed by atoms with E-state index in [-0.39, 0.29) is 5.15 Å². The van der Waals surface area contributed by atoms with Gasteiger partial charge in [-0.25, -0.2) is 4.98 Å². The van der Waals surface area contributed by atoms with Crippen molar-refractivity contribution in [2.75, 3.05) is 0 Å². The molecule has 0 amide bonds. The van der Waals surface area contributed by atoms with Crippen LogP contribution in [-0.2, 0) is 6.18 Å². The molecule has 56 valence electrons. The lowest BCUT2D eigenvalue weighted by molar-refractivity contribution is -0.144. The van der Waals surface area contributed by atoms with Gasteiger partial charge in [0, 0.05) is 0 Å². The van der Waals surface area contributed by atoms with Gasteiger partial charge in [-0.3, -0.25) is 0 Å². The van der Waals surface area contributed by atoms with E-state index < -0.39 is 12.0 Å². The smallest absolute Gasteiger partial charge is 0.325 e. The summed E-state index contributed by atoms with van der Waals surface area (Å²) in [5, 5.41) is -0.118. The maximum atomic E-state index is 11.6. The highest BCUT2D eigenvalue weighted by molar-refractivity contribution is 6.29. The van der Waals surface area contributed by atoms with E-state index in [2.05, 4.69) is 4.98 Å². The Labute approximate surface area is 59.0 Å². The molecule has 1 N–H and O–H groups in total. The average Bonchev–Trinajstić information content (AvgIpc) is 2.11. The quantitative estimate of drug-likeness (QED) is 0.635. The summed E-state index contributed by atoms with van der Waals surface area (Å²) >= 11 is 5.15. The van der Waals surface area contributed by atoms with Gasteiger partial charge in [0.25, 0.3) is 0 Å². The van der Waals surface area contributed by atoms with Crippen LogP contribution in [-0.4, -0.2) is 9.97 Å². The summed E-state index contributed by atoms with van der Waals surface area (Å²) in [5.41, 5.74) is 0. The Kier molecular flexibility index (Phi) is 1.60. The highest BCUT2D eigenvalue weighted by Gasteiger charge is 2.34. The zero-order valence-corrected chi connectivity index (χ0v) is 5.29. The SMILES string of the molecule is FC(F)(F)c1ncc(Cl)[nH]1. The second-order valence-electron chi connectivity index (χ2n) is 1.58. The summed E-state index contributed by atoms with van der Waals surface area (Å²) in [4.78, 5) is 4.82. The van der Waals surface area contributed by atoms with Gasteiger partial charge >= 0.3 is 6.18 Å². The summed E-state index contributed by atoms with van der Waals surface area (Å²) in [6, 6.07) is 0. The zero-order chi connectivity index (χ0) is 7.78. The maximum absolute atomic E-state index is 11.6. The van der Waals surface area contributed by atoms with Crippen molar-refractivity contribution >= 4 is 11.6 Å². The fourth-order valence-electron chi connectivity index (χ4n) is 0.443. The first kappa shape index (κ1) is 7.40. The molecular weight excluding hydrogens is 169 g/mol. The molecule has 0 aliphatic carbocycles. The number of nitrogens with zero attached hydrogens (tertiary/aromatic N) is 1. The molecule has 10 heavy (non-hydrogen) atoms. The molecule has 6 heteroatoms. The van der Waals surface area contributed by atoms with Gasteiger partial charge in [-0.2, -0.15) is 13.2 Å². The molecule has 0 saturated carbocycles. The number of aromatic amines is 1. The molecule has 2 nitrogen and oxygen atoms in total. The van der Waals surface area contributed by atoms with Crippen molar-refractivity contribution in [1.82, 2.24) is 9.97 Å². The monoisotopic (exact) mass is 170 g/mol. The largest absolute Gasteiger partial charge is 0.449 e. The number of alkyl halides is 3. The molecule has 0 aromatic carbocycles. The molecule has 0 fully saturated rings. The fraction of sp³-hybridized carbons (Fsp3) is 0.250. The van der Waals surface area contributed by atoms with Crippen molar-refractivity contribution < 1.29 is 13.2 Å². The first-order valence-electron chi connectivity index (χ1n) is 2.28. The summed E-state index contributed by atoms with van der Waals surface area (Å²) in [6.07, 6.45) is -3.53. The summed E-state index contributed by atoms with van der Waals surface area (Å²) in [7, 11) is 0. The summed E-state index contributed by atoms with van der Waals surface area (Å²) < 4.78 is 34.9. The van der Waals surface area contributed by atoms with E-state index in [0.29, 0.717) is 0 Å². The number of rotatable bonds is 0. The van der Waals surface area contributed by atoms with E-state index in [4.69, 9.17) is 11.6 Å². The molecule has 0 bridgehead atoms. The highest BCUT2D eigenvalue weighted by atomic mass is 35.5. The van der Waals surface area contributed by atoms with E-state index in [0.717, 1.165) is 6.20 Å². The van der Waals surface area contributed by atoms with Crippen LogP contribution in [0.3, 0.4) is 0 Å². The molecule has 0 unspecified atom stereocenters. The maximum Gasteiger partial charge on any atom is 0.449 e. The predicted molar refractivity (Wildman–Crippen MR) is 28.6 cm³/mol. The molecule has 0 atom stereocenters. The van der Waals surface area contributed by atoms with E-state index in [1.54, 1.807) is 0 Å². The minimum absolute atomic E-state index is 0.118. The van der Waals surface area contributed by atoms with Crippen LogP contribution in [0.25, 0.3) is 0 Å². The van der Waals surface area contributed by atoms with Gasteiger partial charge in [-0.1, -0.05) is 11.6 Å². The van der Waals surface area contributed by atoms with Gasteiger partial charge in [-0.15, -0.1) is 0 Å². The Morgan fingerprint density at radius 2 is 2.10 bits per heavy atom. The van der Waals surface area contributed by atoms with Crippen LogP contribution in [0, 0.1) is 0 Å². The molecule has 0 spiro atoms. The third kappa shape index (κ3) is 1.41. The third-order valence-electron chi connectivity index (χ3n) is 0.813. The Bertz CT molecular complexity index is 229. The molecule has 0 radical (unpaired) electrons. The average molecular weight is 171 g/mol. The van der Waals surface area contributed by atoms with Crippen LogP contribution in [0.5, 0.6) is 0 Å². The van der Waals surface area contributed by atoms with Crippen LogP contribution in [0.1, 0.15) is 5.82 Å². The lowest BCUT2D eigenvalue weighted by Crippen LogP contribution is -2.06. The second-order valence-corrected chi connectivity index (χ2v) is 1.98. The zero-order valence-electron chi connectivity index (χ0n) is 4.54. The third-order valence-corrected chi connectivity index (χ3v) is 1.01. The summed E-state index contributed by atoms with van der Waals surface area (Å²) in [5.74, 6) is -1.07. The van der Waals surface area contributed by atoms with Gasteiger partial charge in [0.2, 0.25) is 5.82 Å². The van der Waals surface area contributed by atoms with Gasteiger partial charge in [0.1, 0.15) is 5.15 Å². The molecule has 0 aliphatic heterocycles. The Hall–Kier alpha value is -0.710. The van der Waals surface area contributed by atoms with E-state index in [1.165, 1.54) is 0 Å². The van der Waals surface area contributed by atoms with Crippen molar-refractivity contribution in [3.63, 3.8) is 0 Å². The molecule has 1 rings (SSSR count). The minimum atomic E-state index is -4.44. The first-order chi connectivity index (χ1) is 4.50. The van der Waals surface area contributed by atoms with E-state index in [9.17, 15) is 13.2 Å². The van der Waals surface area contributed by atoms with Crippen LogP contribution in [0.4, 0.5) is 13.2 Å². The van der Waals surface area contributed by atoms with E-state index in [1.807, 2.05) is 4.98 Å². The van der Waals surface area contributed by atoms with Crippen molar-refractivity contribution in [2.24, 2.45) is 0 Å². The molecular formula is C4H2ClF3N2. The minimum Gasteiger partial charge on any atom is -0.325 e. The molecule has 1 aromatic heterocycles. The number of imidazole rings is 1. The lowest BCUT2D eigenvalue weighted by Gasteiger charge is -1.98. The topological polar surface area (TPSA) is 28.7 Å².